The Hall–Kier alpha value is -1.89. The highest BCUT2D eigenvalue weighted by molar-refractivity contribution is 6.07. The normalized spacial score (nSPS) is 27.1. The van der Waals surface area contributed by atoms with Crippen molar-refractivity contribution in [3.05, 3.63) is 18.0 Å². The monoisotopic (exact) mass is 278 g/mol. The molecule has 1 spiro atoms. The van der Waals surface area contributed by atoms with E-state index in [1.54, 1.807) is 12.3 Å². The number of carbonyl (C=O) groups is 2. The quantitative estimate of drug-likeness (QED) is 0.818. The van der Waals surface area contributed by atoms with Gasteiger partial charge in [0.1, 0.15) is 5.54 Å². The van der Waals surface area contributed by atoms with E-state index in [0.29, 0.717) is 19.5 Å². The van der Waals surface area contributed by atoms with Crippen LogP contribution < -0.4 is 5.32 Å². The zero-order valence-corrected chi connectivity index (χ0v) is 11.6. The van der Waals surface area contributed by atoms with Crippen LogP contribution in [0.5, 0.6) is 0 Å². The van der Waals surface area contributed by atoms with Crippen LogP contribution in [0.2, 0.25) is 0 Å². The van der Waals surface area contributed by atoms with E-state index >= 15 is 0 Å². The summed E-state index contributed by atoms with van der Waals surface area (Å²) in [5, 5.41) is 6.54. The number of urea groups is 1. The smallest absolute Gasteiger partial charge is 0.325 e. The molecule has 0 bridgehead atoms. The summed E-state index contributed by atoms with van der Waals surface area (Å²) >= 11 is 0. The first-order valence-electron chi connectivity index (χ1n) is 6.79. The standard InChI is InChI=1S/C13H18N4O3/c1-9(2)17-11(18)13(15-12(17)19)4-6-16(8-13)7-10-3-5-14-20-10/h3,5,9H,4,6-8H2,1-2H3,(H,15,19)/t13-/m1/s1. The average molecular weight is 278 g/mol. The first-order chi connectivity index (χ1) is 9.52. The van der Waals surface area contributed by atoms with Crippen LogP contribution >= 0.6 is 0 Å². The van der Waals surface area contributed by atoms with Crippen molar-refractivity contribution in [1.82, 2.24) is 20.3 Å². The third kappa shape index (κ3) is 1.98. The lowest BCUT2D eigenvalue weighted by Crippen LogP contribution is -2.49. The maximum Gasteiger partial charge on any atom is 0.325 e. The lowest BCUT2D eigenvalue weighted by Gasteiger charge is -2.22. The maximum atomic E-state index is 12.5. The van der Waals surface area contributed by atoms with Gasteiger partial charge in [0.05, 0.1) is 12.7 Å². The molecule has 0 radical (unpaired) electrons. The van der Waals surface area contributed by atoms with Crippen LogP contribution in [0.3, 0.4) is 0 Å². The number of hydrogen-bond acceptors (Lipinski definition) is 5. The molecule has 20 heavy (non-hydrogen) atoms. The predicted octanol–water partition coefficient (Wildman–Crippen LogP) is 0.579. The third-order valence-corrected chi connectivity index (χ3v) is 3.93. The summed E-state index contributed by atoms with van der Waals surface area (Å²) in [6.45, 7) is 5.56. The van der Waals surface area contributed by atoms with Gasteiger partial charge in [0.25, 0.3) is 5.91 Å². The molecule has 0 saturated carbocycles. The minimum absolute atomic E-state index is 0.113. The van der Waals surface area contributed by atoms with Crippen molar-refractivity contribution < 1.29 is 14.1 Å². The van der Waals surface area contributed by atoms with Crippen molar-refractivity contribution in [2.75, 3.05) is 13.1 Å². The number of nitrogens with zero attached hydrogens (tertiary/aromatic N) is 3. The van der Waals surface area contributed by atoms with Crippen LogP contribution in [0.15, 0.2) is 16.8 Å². The van der Waals surface area contributed by atoms with Crippen molar-refractivity contribution in [1.29, 1.82) is 0 Å². The van der Waals surface area contributed by atoms with E-state index in [4.69, 9.17) is 4.52 Å². The number of likely N-dealkylation sites (tertiary alicyclic amines) is 1. The molecular weight excluding hydrogens is 260 g/mol. The Labute approximate surface area is 116 Å². The Balaban J connectivity index is 1.73. The highest BCUT2D eigenvalue weighted by atomic mass is 16.5. The Bertz CT molecular complexity index is 528. The second-order valence-electron chi connectivity index (χ2n) is 5.72. The molecule has 1 atom stereocenters. The molecule has 2 aliphatic heterocycles. The number of carbonyl (C=O) groups excluding carboxylic acids is 2. The number of amides is 3. The summed E-state index contributed by atoms with van der Waals surface area (Å²) in [6.07, 6.45) is 2.24. The second kappa shape index (κ2) is 4.59. The Morgan fingerprint density at radius 2 is 2.30 bits per heavy atom. The van der Waals surface area contributed by atoms with Crippen molar-refractivity contribution in [3.8, 4) is 0 Å². The van der Waals surface area contributed by atoms with Crippen LogP contribution in [-0.2, 0) is 11.3 Å². The molecule has 3 heterocycles. The largest absolute Gasteiger partial charge is 0.360 e. The van der Waals surface area contributed by atoms with Crippen LogP contribution in [0, 0.1) is 0 Å². The number of imide groups is 1. The van der Waals surface area contributed by atoms with Gasteiger partial charge in [-0.15, -0.1) is 0 Å². The van der Waals surface area contributed by atoms with Gasteiger partial charge < -0.3 is 9.84 Å². The highest BCUT2D eigenvalue weighted by Crippen LogP contribution is 2.30. The summed E-state index contributed by atoms with van der Waals surface area (Å²) in [5.41, 5.74) is -0.763. The number of aromatic nitrogens is 1. The summed E-state index contributed by atoms with van der Waals surface area (Å²) in [6, 6.07) is 1.40. The molecule has 2 saturated heterocycles. The average Bonchev–Trinajstić information content (AvgIpc) is 3.04. The van der Waals surface area contributed by atoms with Gasteiger partial charge >= 0.3 is 6.03 Å². The molecule has 2 fully saturated rings. The second-order valence-corrected chi connectivity index (χ2v) is 5.72. The van der Waals surface area contributed by atoms with Crippen LogP contribution in [-0.4, -0.2) is 51.6 Å². The third-order valence-electron chi connectivity index (χ3n) is 3.93. The molecule has 1 N–H and O–H groups in total. The highest BCUT2D eigenvalue weighted by Gasteiger charge is 2.55. The van der Waals surface area contributed by atoms with Crippen molar-refractivity contribution >= 4 is 11.9 Å². The van der Waals surface area contributed by atoms with Gasteiger partial charge in [0.15, 0.2) is 5.76 Å². The molecule has 0 aliphatic carbocycles. The predicted molar refractivity (Wildman–Crippen MR) is 69.6 cm³/mol. The fraction of sp³-hybridized carbons (Fsp3) is 0.615. The van der Waals surface area contributed by atoms with E-state index < -0.39 is 5.54 Å². The van der Waals surface area contributed by atoms with E-state index in [0.717, 1.165) is 12.3 Å². The van der Waals surface area contributed by atoms with E-state index in [2.05, 4.69) is 15.4 Å². The molecule has 2 aliphatic rings. The Morgan fingerprint density at radius 3 is 2.90 bits per heavy atom. The van der Waals surface area contributed by atoms with Crippen LogP contribution in [0.1, 0.15) is 26.0 Å². The van der Waals surface area contributed by atoms with Crippen molar-refractivity contribution in [2.24, 2.45) is 0 Å². The fourth-order valence-electron chi connectivity index (χ4n) is 2.95. The number of hydrogen-bond donors (Lipinski definition) is 1. The molecule has 7 heteroatoms. The minimum Gasteiger partial charge on any atom is -0.360 e. The first-order valence-corrected chi connectivity index (χ1v) is 6.79. The summed E-state index contributed by atoms with van der Waals surface area (Å²) in [4.78, 5) is 27.9. The van der Waals surface area contributed by atoms with Gasteiger partial charge in [-0.3, -0.25) is 14.6 Å². The summed E-state index contributed by atoms with van der Waals surface area (Å²) < 4.78 is 5.08. The van der Waals surface area contributed by atoms with Crippen molar-refractivity contribution in [2.45, 2.75) is 38.4 Å². The molecular formula is C13H18N4O3. The van der Waals surface area contributed by atoms with E-state index in [9.17, 15) is 9.59 Å². The molecule has 3 rings (SSSR count). The van der Waals surface area contributed by atoms with Crippen molar-refractivity contribution in [3.63, 3.8) is 0 Å². The first kappa shape index (κ1) is 13.1. The molecule has 3 amide bonds. The lowest BCUT2D eigenvalue weighted by atomic mass is 9.98. The summed E-state index contributed by atoms with van der Waals surface area (Å²) in [5.74, 6) is 0.650. The SMILES string of the molecule is CC(C)N1C(=O)N[C@@]2(CCN(Cc3ccno3)C2)C1=O. The maximum absolute atomic E-state index is 12.5. The van der Waals surface area contributed by atoms with E-state index in [-0.39, 0.29) is 18.0 Å². The Kier molecular flexibility index (Phi) is 3.01. The minimum atomic E-state index is -0.763. The van der Waals surface area contributed by atoms with Crippen LogP contribution in [0.4, 0.5) is 4.79 Å². The zero-order valence-electron chi connectivity index (χ0n) is 11.6. The topological polar surface area (TPSA) is 78.7 Å². The van der Waals surface area contributed by atoms with Gasteiger partial charge in [-0.1, -0.05) is 5.16 Å². The van der Waals surface area contributed by atoms with E-state index in [1.807, 2.05) is 13.8 Å². The fourth-order valence-corrected chi connectivity index (χ4v) is 2.95. The number of nitrogens with one attached hydrogen (secondary N) is 1. The molecule has 0 aromatic carbocycles. The Morgan fingerprint density at radius 1 is 1.50 bits per heavy atom. The van der Waals surface area contributed by atoms with E-state index in [1.165, 1.54) is 4.90 Å². The molecule has 7 nitrogen and oxygen atoms in total. The molecule has 1 aromatic heterocycles. The summed E-state index contributed by atoms with van der Waals surface area (Å²) in [7, 11) is 0. The lowest BCUT2D eigenvalue weighted by molar-refractivity contribution is -0.132. The number of rotatable bonds is 3. The molecule has 108 valence electrons. The van der Waals surface area contributed by atoms with Gasteiger partial charge in [0.2, 0.25) is 0 Å². The van der Waals surface area contributed by atoms with Gasteiger partial charge in [0, 0.05) is 25.2 Å². The molecule has 0 unspecified atom stereocenters. The zero-order chi connectivity index (χ0) is 14.3. The van der Waals surface area contributed by atoms with Crippen LogP contribution in [0.25, 0.3) is 0 Å². The molecule has 1 aromatic rings. The van der Waals surface area contributed by atoms with Gasteiger partial charge in [-0.25, -0.2) is 4.79 Å². The van der Waals surface area contributed by atoms with Gasteiger partial charge in [-0.05, 0) is 20.3 Å². The van der Waals surface area contributed by atoms with Gasteiger partial charge in [-0.2, -0.15) is 0 Å².